The van der Waals surface area contributed by atoms with Crippen molar-refractivity contribution >= 4 is 15.9 Å². The van der Waals surface area contributed by atoms with Gasteiger partial charge < -0.3 is 19.1 Å². The molecule has 1 aromatic carbocycles. The highest BCUT2D eigenvalue weighted by Gasteiger charge is 2.30. The van der Waals surface area contributed by atoms with Crippen LogP contribution in [0.4, 0.5) is 0 Å². The van der Waals surface area contributed by atoms with Crippen LogP contribution in [0, 0.1) is 0 Å². The van der Waals surface area contributed by atoms with E-state index in [0.29, 0.717) is 38.5 Å². The zero-order chi connectivity index (χ0) is 20.0. The first-order valence-electron chi connectivity index (χ1n) is 9.62. The van der Waals surface area contributed by atoms with E-state index in [2.05, 4.69) is 0 Å². The molecule has 0 N–H and O–H groups in total. The Morgan fingerprint density at radius 1 is 1.18 bits per heavy atom. The second-order valence-electron chi connectivity index (χ2n) is 6.92. The van der Waals surface area contributed by atoms with Crippen molar-refractivity contribution in [3.8, 4) is 5.75 Å². The summed E-state index contributed by atoms with van der Waals surface area (Å²) in [4.78, 5) is 14.3. The Hall–Kier alpha value is -1.68. The average Bonchev–Trinajstić information content (AvgIpc) is 3.25. The summed E-state index contributed by atoms with van der Waals surface area (Å²) in [5.41, 5.74) is 0. The number of methoxy groups -OCH3 is 1. The first-order valence-corrected chi connectivity index (χ1v) is 11.1. The van der Waals surface area contributed by atoms with Crippen LogP contribution in [-0.2, 0) is 24.3 Å². The van der Waals surface area contributed by atoms with E-state index in [1.165, 1.54) is 23.5 Å². The minimum Gasteiger partial charge on any atom is -0.497 e. The van der Waals surface area contributed by atoms with E-state index in [0.717, 1.165) is 19.4 Å². The normalized spacial score (nSPS) is 21.0. The molecule has 9 heteroatoms. The summed E-state index contributed by atoms with van der Waals surface area (Å²) in [5.74, 6) is 0.602. The number of hydrogen-bond donors (Lipinski definition) is 0. The summed E-state index contributed by atoms with van der Waals surface area (Å²) < 4.78 is 43.0. The fraction of sp³-hybridized carbons (Fsp3) is 0.632. The number of rotatable bonds is 8. The number of ether oxygens (including phenoxy) is 3. The number of carbonyl (C=O) groups excluding carboxylic acids is 1. The van der Waals surface area contributed by atoms with Crippen molar-refractivity contribution in [3.63, 3.8) is 0 Å². The number of piperazine rings is 1. The molecule has 2 heterocycles. The minimum absolute atomic E-state index is 0.00571. The maximum Gasteiger partial charge on any atom is 0.243 e. The predicted molar refractivity (Wildman–Crippen MR) is 103 cm³/mol. The van der Waals surface area contributed by atoms with Crippen LogP contribution in [0.3, 0.4) is 0 Å². The molecular formula is C19H28N2O6S. The first kappa shape index (κ1) is 21.0. The number of nitrogens with zero attached hydrogens (tertiary/aromatic N) is 2. The second kappa shape index (κ2) is 9.69. The molecule has 1 unspecified atom stereocenters. The van der Waals surface area contributed by atoms with Gasteiger partial charge in [0.15, 0.2) is 0 Å². The lowest BCUT2D eigenvalue weighted by Gasteiger charge is -2.34. The Bertz CT molecular complexity index is 738. The number of sulfonamides is 1. The van der Waals surface area contributed by atoms with Gasteiger partial charge in [-0.1, -0.05) is 0 Å². The second-order valence-corrected chi connectivity index (χ2v) is 8.86. The van der Waals surface area contributed by atoms with E-state index >= 15 is 0 Å². The molecule has 2 aliphatic heterocycles. The van der Waals surface area contributed by atoms with Crippen molar-refractivity contribution in [2.24, 2.45) is 0 Å². The van der Waals surface area contributed by atoms with Crippen molar-refractivity contribution in [1.82, 2.24) is 9.21 Å². The Morgan fingerprint density at radius 2 is 1.89 bits per heavy atom. The molecule has 1 atom stereocenters. The molecule has 0 spiro atoms. The SMILES string of the molecule is COc1ccc(S(=O)(=O)N2CCN(C(=O)CCOCC3CCCO3)CC2)cc1. The minimum atomic E-state index is -3.57. The molecule has 2 saturated heterocycles. The van der Waals surface area contributed by atoms with E-state index < -0.39 is 10.0 Å². The van der Waals surface area contributed by atoms with E-state index in [-0.39, 0.29) is 30.0 Å². The van der Waals surface area contributed by atoms with Gasteiger partial charge in [0.1, 0.15) is 5.75 Å². The molecule has 1 amide bonds. The Kier molecular flexibility index (Phi) is 7.28. The van der Waals surface area contributed by atoms with Gasteiger partial charge in [-0.05, 0) is 37.1 Å². The van der Waals surface area contributed by atoms with Crippen molar-refractivity contribution in [3.05, 3.63) is 24.3 Å². The largest absolute Gasteiger partial charge is 0.497 e. The molecule has 1 aromatic rings. The third-order valence-electron chi connectivity index (χ3n) is 5.08. The van der Waals surface area contributed by atoms with Gasteiger partial charge in [0.05, 0.1) is 37.7 Å². The van der Waals surface area contributed by atoms with Gasteiger partial charge in [-0.2, -0.15) is 4.31 Å². The van der Waals surface area contributed by atoms with Crippen molar-refractivity contribution in [1.29, 1.82) is 0 Å². The van der Waals surface area contributed by atoms with E-state index in [1.54, 1.807) is 17.0 Å². The summed E-state index contributed by atoms with van der Waals surface area (Å²) in [6.07, 6.45) is 2.54. The third-order valence-corrected chi connectivity index (χ3v) is 6.99. The zero-order valence-electron chi connectivity index (χ0n) is 16.2. The number of carbonyl (C=O) groups is 1. The van der Waals surface area contributed by atoms with Crippen LogP contribution in [-0.4, -0.2) is 82.7 Å². The van der Waals surface area contributed by atoms with Gasteiger partial charge >= 0.3 is 0 Å². The van der Waals surface area contributed by atoms with E-state index in [4.69, 9.17) is 14.2 Å². The molecule has 2 fully saturated rings. The van der Waals surface area contributed by atoms with Gasteiger partial charge in [-0.25, -0.2) is 8.42 Å². The van der Waals surface area contributed by atoms with Crippen LogP contribution in [0.15, 0.2) is 29.2 Å². The Labute approximate surface area is 166 Å². The molecule has 2 aliphatic rings. The zero-order valence-corrected chi connectivity index (χ0v) is 17.0. The Balaban J connectivity index is 1.43. The van der Waals surface area contributed by atoms with Gasteiger partial charge in [0, 0.05) is 32.8 Å². The van der Waals surface area contributed by atoms with E-state index in [9.17, 15) is 13.2 Å². The Morgan fingerprint density at radius 3 is 2.50 bits per heavy atom. The number of hydrogen-bond acceptors (Lipinski definition) is 6. The van der Waals surface area contributed by atoms with Gasteiger partial charge in [0.25, 0.3) is 0 Å². The lowest BCUT2D eigenvalue weighted by Crippen LogP contribution is -2.50. The number of amides is 1. The monoisotopic (exact) mass is 412 g/mol. The predicted octanol–water partition coefficient (Wildman–Crippen LogP) is 1.11. The molecular weight excluding hydrogens is 384 g/mol. The van der Waals surface area contributed by atoms with Crippen LogP contribution in [0.1, 0.15) is 19.3 Å². The highest BCUT2D eigenvalue weighted by Crippen LogP contribution is 2.21. The summed E-state index contributed by atoms with van der Waals surface area (Å²) in [6, 6.07) is 6.33. The van der Waals surface area contributed by atoms with Gasteiger partial charge in [0.2, 0.25) is 15.9 Å². The van der Waals surface area contributed by atoms with Crippen LogP contribution in [0.5, 0.6) is 5.75 Å². The molecule has 0 aliphatic carbocycles. The smallest absolute Gasteiger partial charge is 0.243 e. The molecule has 0 saturated carbocycles. The standard InChI is InChI=1S/C19H28N2O6S/c1-25-16-4-6-18(7-5-16)28(23,24)21-11-9-20(10-12-21)19(22)8-14-26-15-17-3-2-13-27-17/h4-7,17H,2-3,8-15H2,1H3. The quantitative estimate of drug-likeness (QED) is 0.595. The van der Waals surface area contributed by atoms with Crippen LogP contribution in [0.25, 0.3) is 0 Å². The molecule has 0 bridgehead atoms. The van der Waals surface area contributed by atoms with Gasteiger partial charge in [-0.15, -0.1) is 0 Å². The fourth-order valence-corrected chi connectivity index (χ4v) is 4.80. The molecule has 0 aromatic heterocycles. The first-order chi connectivity index (χ1) is 13.5. The van der Waals surface area contributed by atoms with Crippen molar-refractivity contribution in [2.45, 2.75) is 30.3 Å². The van der Waals surface area contributed by atoms with Crippen molar-refractivity contribution in [2.75, 3.05) is 53.1 Å². The highest BCUT2D eigenvalue weighted by atomic mass is 32.2. The third kappa shape index (κ3) is 5.22. The summed E-state index contributed by atoms with van der Waals surface area (Å²) in [6.45, 7) is 3.04. The lowest BCUT2D eigenvalue weighted by atomic mass is 10.2. The summed E-state index contributed by atoms with van der Waals surface area (Å²) in [5, 5.41) is 0. The fourth-order valence-electron chi connectivity index (χ4n) is 3.38. The molecule has 0 radical (unpaired) electrons. The number of benzene rings is 1. The maximum absolute atomic E-state index is 12.7. The van der Waals surface area contributed by atoms with Crippen LogP contribution in [0.2, 0.25) is 0 Å². The topological polar surface area (TPSA) is 85.4 Å². The average molecular weight is 413 g/mol. The molecule has 3 rings (SSSR count). The maximum atomic E-state index is 12.7. The lowest BCUT2D eigenvalue weighted by molar-refractivity contribution is -0.133. The van der Waals surface area contributed by atoms with Crippen LogP contribution < -0.4 is 4.74 Å². The van der Waals surface area contributed by atoms with Crippen molar-refractivity contribution < 1.29 is 27.4 Å². The highest BCUT2D eigenvalue weighted by molar-refractivity contribution is 7.89. The summed E-state index contributed by atoms with van der Waals surface area (Å²) >= 11 is 0. The summed E-state index contributed by atoms with van der Waals surface area (Å²) in [7, 11) is -2.03. The van der Waals surface area contributed by atoms with E-state index in [1.807, 2.05) is 0 Å². The van der Waals surface area contributed by atoms with Crippen LogP contribution >= 0.6 is 0 Å². The van der Waals surface area contributed by atoms with Gasteiger partial charge in [-0.3, -0.25) is 4.79 Å². The molecule has 8 nitrogen and oxygen atoms in total. The molecule has 28 heavy (non-hydrogen) atoms. The molecule has 156 valence electrons.